The fraction of sp³-hybridized carbons (Fsp3) is 0.125. The molecule has 0 amide bonds. The van der Waals surface area contributed by atoms with Gasteiger partial charge in [0.25, 0.3) is 0 Å². The number of ether oxygens (including phenoxy) is 1. The standard InChI is InChI=1S/C16H13NO3/c1-19-13-5-2-11(3-6-13)9-16-17-14-8-12(10-18)4-7-15(14)20-16/h2-8,10H,9H2,1H3. The smallest absolute Gasteiger partial charge is 0.199 e. The van der Waals surface area contributed by atoms with Gasteiger partial charge in [0, 0.05) is 12.0 Å². The van der Waals surface area contributed by atoms with Crippen molar-refractivity contribution < 1.29 is 13.9 Å². The third kappa shape index (κ3) is 2.40. The zero-order chi connectivity index (χ0) is 13.9. The molecule has 3 rings (SSSR count). The SMILES string of the molecule is COc1ccc(Cc2nc3cc(C=O)ccc3o2)cc1. The zero-order valence-corrected chi connectivity index (χ0v) is 11.0. The normalized spacial score (nSPS) is 10.7. The molecule has 0 atom stereocenters. The second-order valence-corrected chi connectivity index (χ2v) is 4.48. The summed E-state index contributed by atoms with van der Waals surface area (Å²) in [6.07, 6.45) is 1.41. The molecular weight excluding hydrogens is 254 g/mol. The second kappa shape index (κ2) is 5.17. The molecular formula is C16H13NO3. The Morgan fingerprint density at radius 1 is 1.20 bits per heavy atom. The monoisotopic (exact) mass is 267 g/mol. The van der Waals surface area contributed by atoms with Crippen molar-refractivity contribution in [1.29, 1.82) is 0 Å². The van der Waals surface area contributed by atoms with Crippen LogP contribution in [0.25, 0.3) is 11.1 Å². The van der Waals surface area contributed by atoms with E-state index >= 15 is 0 Å². The number of aromatic nitrogens is 1. The quantitative estimate of drug-likeness (QED) is 0.681. The number of rotatable bonds is 4. The Hall–Kier alpha value is -2.62. The molecule has 1 heterocycles. The third-order valence-electron chi connectivity index (χ3n) is 3.11. The molecule has 3 aromatic rings. The van der Waals surface area contributed by atoms with E-state index in [1.807, 2.05) is 24.3 Å². The average molecular weight is 267 g/mol. The first-order chi connectivity index (χ1) is 9.78. The van der Waals surface area contributed by atoms with Gasteiger partial charge in [0.15, 0.2) is 11.5 Å². The van der Waals surface area contributed by atoms with Gasteiger partial charge in [-0.2, -0.15) is 0 Å². The van der Waals surface area contributed by atoms with E-state index in [1.54, 1.807) is 25.3 Å². The number of hydrogen-bond acceptors (Lipinski definition) is 4. The Labute approximate surface area is 116 Å². The van der Waals surface area contributed by atoms with Crippen LogP contribution in [0, 0.1) is 0 Å². The number of methoxy groups -OCH3 is 1. The zero-order valence-electron chi connectivity index (χ0n) is 11.0. The van der Waals surface area contributed by atoms with Crippen molar-refractivity contribution in [1.82, 2.24) is 4.98 Å². The summed E-state index contributed by atoms with van der Waals surface area (Å²) in [6.45, 7) is 0. The minimum Gasteiger partial charge on any atom is -0.497 e. The summed E-state index contributed by atoms with van der Waals surface area (Å²) in [5.41, 5.74) is 3.09. The molecule has 20 heavy (non-hydrogen) atoms. The summed E-state index contributed by atoms with van der Waals surface area (Å²) in [5, 5.41) is 0. The lowest BCUT2D eigenvalue weighted by Crippen LogP contribution is -1.89. The maximum absolute atomic E-state index is 10.7. The molecule has 2 aromatic carbocycles. The van der Waals surface area contributed by atoms with E-state index in [2.05, 4.69) is 4.98 Å². The van der Waals surface area contributed by atoms with E-state index in [4.69, 9.17) is 9.15 Å². The molecule has 0 spiro atoms. The lowest BCUT2D eigenvalue weighted by Gasteiger charge is -2.00. The van der Waals surface area contributed by atoms with Gasteiger partial charge >= 0.3 is 0 Å². The average Bonchev–Trinajstić information content (AvgIpc) is 2.89. The Kier molecular flexibility index (Phi) is 3.21. The maximum Gasteiger partial charge on any atom is 0.199 e. The summed E-state index contributed by atoms with van der Waals surface area (Å²) >= 11 is 0. The van der Waals surface area contributed by atoms with Crippen LogP contribution in [0.1, 0.15) is 21.8 Å². The number of oxazole rings is 1. The summed E-state index contributed by atoms with van der Waals surface area (Å²) in [5.74, 6) is 1.45. The Morgan fingerprint density at radius 2 is 2.00 bits per heavy atom. The topological polar surface area (TPSA) is 52.3 Å². The molecule has 4 nitrogen and oxygen atoms in total. The van der Waals surface area contributed by atoms with Gasteiger partial charge in [0.05, 0.1) is 7.11 Å². The van der Waals surface area contributed by atoms with Crippen LogP contribution in [0.2, 0.25) is 0 Å². The molecule has 0 aliphatic carbocycles. The molecule has 0 aliphatic heterocycles. The van der Waals surface area contributed by atoms with Gasteiger partial charge in [-0.25, -0.2) is 4.98 Å². The van der Waals surface area contributed by atoms with Crippen LogP contribution in [0.3, 0.4) is 0 Å². The van der Waals surface area contributed by atoms with Gasteiger partial charge in [-0.15, -0.1) is 0 Å². The highest BCUT2D eigenvalue weighted by Crippen LogP contribution is 2.20. The Balaban J connectivity index is 1.87. The summed E-state index contributed by atoms with van der Waals surface area (Å²) < 4.78 is 10.8. The highest BCUT2D eigenvalue weighted by molar-refractivity contribution is 5.83. The first-order valence-corrected chi connectivity index (χ1v) is 6.26. The number of benzene rings is 2. The molecule has 0 saturated heterocycles. The van der Waals surface area contributed by atoms with Crippen molar-refractivity contribution in [3.63, 3.8) is 0 Å². The fourth-order valence-electron chi connectivity index (χ4n) is 2.06. The third-order valence-corrected chi connectivity index (χ3v) is 3.11. The molecule has 0 saturated carbocycles. The number of hydrogen-bond donors (Lipinski definition) is 0. The second-order valence-electron chi connectivity index (χ2n) is 4.48. The molecule has 1 aromatic heterocycles. The van der Waals surface area contributed by atoms with Crippen LogP contribution in [0.15, 0.2) is 46.9 Å². The summed E-state index contributed by atoms with van der Waals surface area (Å²) in [4.78, 5) is 15.1. The van der Waals surface area contributed by atoms with Crippen LogP contribution in [-0.4, -0.2) is 18.4 Å². The van der Waals surface area contributed by atoms with Crippen molar-refractivity contribution in [2.45, 2.75) is 6.42 Å². The van der Waals surface area contributed by atoms with Gasteiger partial charge < -0.3 is 9.15 Å². The van der Waals surface area contributed by atoms with Crippen molar-refractivity contribution in [3.05, 3.63) is 59.5 Å². The van der Waals surface area contributed by atoms with Crippen LogP contribution in [0.5, 0.6) is 5.75 Å². The molecule has 0 fully saturated rings. The highest BCUT2D eigenvalue weighted by Gasteiger charge is 2.07. The van der Waals surface area contributed by atoms with Gasteiger partial charge in [-0.1, -0.05) is 12.1 Å². The van der Waals surface area contributed by atoms with Crippen molar-refractivity contribution in [2.75, 3.05) is 7.11 Å². The lowest BCUT2D eigenvalue weighted by atomic mass is 10.1. The number of fused-ring (bicyclic) bond motifs is 1. The van der Waals surface area contributed by atoms with Crippen molar-refractivity contribution >= 4 is 17.4 Å². The van der Waals surface area contributed by atoms with Crippen molar-refractivity contribution in [2.24, 2.45) is 0 Å². The van der Waals surface area contributed by atoms with E-state index in [0.29, 0.717) is 29.0 Å². The fourth-order valence-corrected chi connectivity index (χ4v) is 2.06. The Morgan fingerprint density at radius 3 is 2.70 bits per heavy atom. The molecule has 0 unspecified atom stereocenters. The van der Waals surface area contributed by atoms with Crippen molar-refractivity contribution in [3.8, 4) is 5.75 Å². The van der Waals surface area contributed by atoms with E-state index in [-0.39, 0.29) is 0 Å². The number of nitrogens with zero attached hydrogens (tertiary/aromatic N) is 1. The maximum atomic E-state index is 10.7. The van der Waals surface area contributed by atoms with E-state index in [1.165, 1.54) is 0 Å². The minimum absolute atomic E-state index is 0.599. The Bertz CT molecular complexity index is 744. The van der Waals surface area contributed by atoms with Crippen LogP contribution >= 0.6 is 0 Å². The van der Waals surface area contributed by atoms with Crippen LogP contribution < -0.4 is 4.74 Å². The largest absolute Gasteiger partial charge is 0.497 e. The molecule has 0 N–H and O–H groups in total. The predicted molar refractivity (Wildman–Crippen MR) is 75.2 cm³/mol. The van der Waals surface area contributed by atoms with Crippen LogP contribution in [-0.2, 0) is 6.42 Å². The van der Waals surface area contributed by atoms with Crippen LogP contribution in [0.4, 0.5) is 0 Å². The molecule has 4 heteroatoms. The summed E-state index contributed by atoms with van der Waals surface area (Å²) in [7, 11) is 1.64. The number of carbonyl (C=O) groups is 1. The molecule has 0 bridgehead atoms. The lowest BCUT2D eigenvalue weighted by molar-refractivity contribution is 0.112. The molecule has 100 valence electrons. The van der Waals surface area contributed by atoms with Gasteiger partial charge in [-0.05, 0) is 35.9 Å². The first kappa shape index (κ1) is 12.4. The molecule has 0 radical (unpaired) electrons. The van der Waals surface area contributed by atoms with Gasteiger partial charge in [0.1, 0.15) is 17.6 Å². The number of aldehydes is 1. The van der Waals surface area contributed by atoms with E-state index < -0.39 is 0 Å². The van der Waals surface area contributed by atoms with E-state index in [9.17, 15) is 4.79 Å². The van der Waals surface area contributed by atoms with Gasteiger partial charge in [-0.3, -0.25) is 4.79 Å². The van der Waals surface area contributed by atoms with E-state index in [0.717, 1.165) is 17.6 Å². The van der Waals surface area contributed by atoms with Gasteiger partial charge in [0.2, 0.25) is 0 Å². The minimum atomic E-state index is 0.599. The highest BCUT2D eigenvalue weighted by atomic mass is 16.5. The number of carbonyl (C=O) groups excluding carboxylic acids is 1. The molecule has 0 aliphatic rings. The predicted octanol–water partition coefficient (Wildman–Crippen LogP) is 3.24. The first-order valence-electron chi connectivity index (χ1n) is 6.26. The summed E-state index contributed by atoms with van der Waals surface area (Å²) in [6, 6.07) is 13.0.